The molecule has 0 aromatic heterocycles. The second kappa shape index (κ2) is 7.22. The Bertz CT molecular complexity index is 486. The minimum atomic E-state index is -0.566. The molecular formula is C16H23N3O2. The number of hydrogen-bond donors (Lipinski definition) is 2. The van der Waals surface area contributed by atoms with Gasteiger partial charge in [0.2, 0.25) is 11.8 Å². The predicted octanol–water partition coefficient (Wildman–Crippen LogP) is 0.684. The van der Waals surface area contributed by atoms with Crippen molar-refractivity contribution in [1.82, 2.24) is 10.2 Å². The van der Waals surface area contributed by atoms with Gasteiger partial charge in [-0.15, -0.1) is 0 Å². The van der Waals surface area contributed by atoms with Crippen LogP contribution in [0, 0.1) is 0 Å². The van der Waals surface area contributed by atoms with Gasteiger partial charge in [0.15, 0.2) is 0 Å². The molecule has 0 heterocycles. The van der Waals surface area contributed by atoms with Crippen molar-refractivity contribution in [2.24, 2.45) is 5.73 Å². The van der Waals surface area contributed by atoms with Gasteiger partial charge in [-0.25, -0.2) is 0 Å². The molecule has 0 spiro atoms. The van der Waals surface area contributed by atoms with Crippen LogP contribution in [0.4, 0.5) is 0 Å². The Morgan fingerprint density at radius 3 is 2.62 bits per heavy atom. The fourth-order valence-electron chi connectivity index (χ4n) is 2.17. The maximum atomic E-state index is 12.1. The zero-order valence-corrected chi connectivity index (χ0v) is 12.4. The van der Waals surface area contributed by atoms with Crippen molar-refractivity contribution in [1.29, 1.82) is 0 Å². The van der Waals surface area contributed by atoms with Gasteiger partial charge in [-0.2, -0.15) is 0 Å². The fraction of sp³-hybridized carbons (Fsp3) is 0.500. The van der Waals surface area contributed by atoms with E-state index < -0.39 is 6.04 Å². The first-order chi connectivity index (χ1) is 10.1. The largest absolute Gasteiger partial charge is 0.352 e. The first-order valence-electron chi connectivity index (χ1n) is 7.40. The summed E-state index contributed by atoms with van der Waals surface area (Å²) in [5.41, 5.74) is 7.09. The molecule has 5 nitrogen and oxygen atoms in total. The molecule has 21 heavy (non-hydrogen) atoms. The topological polar surface area (TPSA) is 75.4 Å². The van der Waals surface area contributed by atoms with Crippen molar-refractivity contribution in [2.45, 2.75) is 37.8 Å². The highest BCUT2D eigenvalue weighted by Crippen LogP contribution is 2.18. The van der Waals surface area contributed by atoms with Crippen LogP contribution in [0.3, 0.4) is 0 Å². The maximum Gasteiger partial charge on any atom is 0.239 e. The molecular weight excluding hydrogens is 266 g/mol. The van der Waals surface area contributed by atoms with Crippen molar-refractivity contribution < 1.29 is 9.59 Å². The number of benzene rings is 1. The van der Waals surface area contributed by atoms with Gasteiger partial charge in [0.05, 0.1) is 12.6 Å². The van der Waals surface area contributed by atoms with Crippen molar-refractivity contribution in [3.8, 4) is 0 Å². The highest BCUT2D eigenvalue weighted by Gasteiger charge is 2.25. The first kappa shape index (κ1) is 15.5. The molecule has 2 amide bonds. The number of hydrogen-bond acceptors (Lipinski definition) is 3. The third-order valence-electron chi connectivity index (χ3n) is 3.60. The van der Waals surface area contributed by atoms with Crippen molar-refractivity contribution in [3.05, 3.63) is 35.9 Å². The number of carbonyl (C=O) groups is 2. The Kier molecular flexibility index (Phi) is 5.33. The van der Waals surface area contributed by atoms with Crippen molar-refractivity contribution in [2.75, 3.05) is 13.6 Å². The molecule has 1 saturated carbocycles. The van der Waals surface area contributed by atoms with E-state index in [2.05, 4.69) is 5.32 Å². The molecule has 0 bridgehead atoms. The van der Waals surface area contributed by atoms with Crippen LogP contribution < -0.4 is 11.1 Å². The van der Waals surface area contributed by atoms with E-state index in [4.69, 9.17) is 5.73 Å². The van der Waals surface area contributed by atoms with Crippen LogP contribution in [0.5, 0.6) is 0 Å². The van der Waals surface area contributed by atoms with Gasteiger partial charge in [-0.3, -0.25) is 9.59 Å². The van der Waals surface area contributed by atoms with Crippen molar-refractivity contribution >= 4 is 11.8 Å². The summed E-state index contributed by atoms with van der Waals surface area (Å²) in [5.74, 6) is -0.291. The lowest BCUT2D eigenvalue weighted by molar-refractivity contribution is -0.135. The van der Waals surface area contributed by atoms with Gasteiger partial charge >= 0.3 is 0 Å². The average Bonchev–Trinajstić information content (AvgIpc) is 3.28. The van der Waals surface area contributed by atoms with Gasteiger partial charge in [-0.1, -0.05) is 30.3 Å². The number of rotatable bonds is 7. The molecule has 1 atom stereocenters. The average molecular weight is 289 g/mol. The lowest BCUT2D eigenvalue weighted by Gasteiger charge is -2.21. The van der Waals surface area contributed by atoms with E-state index in [9.17, 15) is 9.59 Å². The van der Waals surface area contributed by atoms with Gasteiger partial charge in [0.25, 0.3) is 0 Å². The molecule has 1 aliphatic rings. The third-order valence-corrected chi connectivity index (χ3v) is 3.60. The quantitative estimate of drug-likeness (QED) is 0.775. The van der Waals surface area contributed by atoms with Crippen LogP contribution in [-0.2, 0) is 16.0 Å². The van der Waals surface area contributed by atoms with E-state index in [0.717, 1.165) is 24.8 Å². The smallest absolute Gasteiger partial charge is 0.239 e. The zero-order valence-electron chi connectivity index (χ0n) is 12.4. The molecule has 5 heteroatoms. The second-order valence-electron chi connectivity index (χ2n) is 5.67. The molecule has 0 saturated heterocycles. The zero-order chi connectivity index (χ0) is 15.2. The van der Waals surface area contributed by atoms with Crippen molar-refractivity contribution in [3.63, 3.8) is 0 Å². The van der Waals surface area contributed by atoms with Crippen LogP contribution in [-0.4, -0.2) is 42.4 Å². The van der Waals surface area contributed by atoms with Crippen LogP contribution in [0.1, 0.15) is 24.8 Å². The number of aryl methyl sites for hydroxylation is 1. The standard InChI is InChI=1S/C16H23N3O2/c1-19(11-15(20)18-13-8-9-13)16(21)14(17)10-7-12-5-3-2-4-6-12/h2-6,13-14H,7-11,17H2,1H3,(H,18,20). The number of amides is 2. The molecule has 1 aromatic rings. The number of nitrogens with zero attached hydrogens (tertiary/aromatic N) is 1. The summed E-state index contributed by atoms with van der Waals surface area (Å²) in [5, 5.41) is 2.86. The van der Waals surface area contributed by atoms with Gasteiger partial charge in [0, 0.05) is 13.1 Å². The summed E-state index contributed by atoms with van der Waals surface area (Å²) in [4.78, 5) is 25.2. The predicted molar refractivity (Wildman–Crippen MR) is 81.5 cm³/mol. The maximum absolute atomic E-state index is 12.1. The highest BCUT2D eigenvalue weighted by molar-refractivity contribution is 5.87. The summed E-state index contributed by atoms with van der Waals surface area (Å²) >= 11 is 0. The number of likely N-dealkylation sites (N-methyl/N-ethyl adjacent to an activating group) is 1. The lowest BCUT2D eigenvalue weighted by atomic mass is 10.1. The van der Waals surface area contributed by atoms with Gasteiger partial charge in [0.1, 0.15) is 0 Å². The van der Waals surface area contributed by atoms with E-state index in [1.807, 2.05) is 30.3 Å². The van der Waals surface area contributed by atoms with Crippen LogP contribution >= 0.6 is 0 Å². The number of carbonyl (C=O) groups excluding carboxylic acids is 2. The Hall–Kier alpha value is -1.88. The van der Waals surface area contributed by atoms with E-state index in [1.165, 1.54) is 4.90 Å². The minimum Gasteiger partial charge on any atom is -0.352 e. The van der Waals surface area contributed by atoms with Crippen LogP contribution in [0.15, 0.2) is 30.3 Å². The van der Waals surface area contributed by atoms with E-state index in [0.29, 0.717) is 12.5 Å². The Morgan fingerprint density at radius 2 is 2.00 bits per heavy atom. The fourth-order valence-corrected chi connectivity index (χ4v) is 2.17. The Balaban J connectivity index is 1.73. The van der Waals surface area contributed by atoms with Gasteiger partial charge in [-0.05, 0) is 31.2 Å². The molecule has 1 aliphatic carbocycles. The SMILES string of the molecule is CN(CC(=O)NC1CC1)C(=O)C(N)CCc1ccccc1. The molecule has 2 rings (SSSR count). The normalized spacial score (nSPS) is 15.3. The molecule has 114 valence electrons. The summed E-state index contributed by atoms with van der Waals surface area (Å²) in [6.07, 6.45) is 3.42. The molecule has 1 fully saturated rings. The summed E-state index contributed by atoms with van der Waals surface area (Å²) in [7, 11) is 1.62. The number of nitrogens with two attached hydrogens (primary N) is 1. The van der Waals surface area contributed by atoms with Crippen LogP contribution in [0.25, 0.3) is 0 Å². The van der Waals surface area contributed by atoms with E-state index >= 15 is 0 Å². The molecule has 0 radical (unpaired) electrons. The number of nitrogens with one attached hydrogen (secondary N) is 1. The molecule has 1 aromatic carbocycles. The Morgan fingerprint density at radius 1 is 1.33 bits per heavy atom. The third kappa shape index (κ3) is 5.19. The lowest BCUT2D eigenvalue weighted by Crippen LogP contribution is -2.46. The Labute approximate surface area is 125 Å². The highest BCUT2D eigenvalue weighted by atomic mass is 16.2. The monoisotopic (exact) mass is 289 g/mol. The molecule has 1 unspecified atom stereocenters. The summed E-state index contributed by atoms with van der Waals surface area (Å²) in [6, 6.07) is 9.68. The second-order valence-corrected chi connectivity index (χ2v) is 5.67. The summed E-state index contributed by atoms with van der Waals surface area (Å²) < 4.78 is 0. The van der Waals surface area contributed by atoms with E-state index in [-0.39, 0.29) is 18.4 Å². The van der Waals surface area contributed by atoms with Gasteiger partial charge < -0.3 is 16.0 Å². The molecule has 0 aliphatic heterocycles. The molecule has 3 N–H and O–H groups in total. The van der Waals surface area contributed by atoms with E-state index in [1.54, 1.807) is 7.05 Å². The van der Waals surface area contributed by atoms with Crippen LogP contribution in [0.2, 0.25) is 0 Å². The minimum absolute atomic E-state index is 0.0777. The first-order valence-corrected chi connectivity index (χ1v) is 7.40. The summed E-state index contributed by atoms with van der Waals surface area (Å²) in [6.45, 7) is 0.0777.